The summed E-state index contributed by atoms with van der Waals surface area (Å²) in [4.78, 5) is 8.32. The Morgan fingerprint density at radius 3 is 3.00 bits per heavy atom. The first kappa shape index (κ1) is 17.0. The number of hydrogen-bond acceptors (Lipinski definition) is 6. The van der Waals surface area contributed by atoms with Gasteiger partial charge in [-0.25, -0.2) is 13.8 Å². The van der Waals surface area contributed by atoms with E-state index in [2.05, 4.69) is 31.7 Å². The Hall–Kier alpha value is -2.42. The lowest BCUT2D eigenvalue weighted by atomic mass is 10.2. The van der Waals surface area contributed by atoms with E-state index < -0.39 is 11.6 Å². The molecule has 1 fully saturated rings. The van der Waals surface area contributed by atoms with Crippen molar-refractivity contribution < 1.29 is 13.5 Å². The topological polar surface area (TPSA) is 75.7 Å². The van der Waals surface area contributed by atoms with E-state index in [9.17, 15) is 8.78 Å². The zero-order chi connectivity index (χ0) is 18.1. The molecule has 0 spiro atoms. The Bertz CT molecular complexity index is 935. The van der Waals surface area contributed by atoms with Gasteiger partial charge in [-0.05, 0) is 31.2 Å². The summed E-state index contributed by atoms with van der Waals surface area (Å²) >= 11 is 1.86. The van der Waals surface area contributed by atoms with Gasteiger partial charge in [-0.2, -0.15) is 21.8 Å². The molecule has 3 aromatic rings. The molecule has 2 heterocycles. The number of nitrogens with one attached hydrogen (secondary N) is 2. The Balaban J connectivity index is 1.55. The van der Waals surface area contributed by atoms with E-state index in [0.717, 1.165) is 23.9 Å². The zero-order valence-electron chi connectivity index (χ0n) is 14.0. The maximum absolute atomic E-state index is 13.7. The van der Waals surface area contributed by atoms with E-state index in [1.165, 1.54) is 18.9 Å². The predicted molar refractivity (Wildman–Crippen MR) is 96.7 cm³/mol. The highest BCUT2D eigenvalue weighted by atomic mass is 32.2. The van der Waals surface area contributed by atoms with E-state index >= 15 is 0 Å². The molecule has 6 nitrogen and oxygen atoms in total. The summed E-state index contributed by atoms with van der Waals surface area (Å²) in [6.45, 7) is 0. The molecule has 1 aromatic carbocycles. The van der Waals surface area contributed by atoms with Gasteiger partial charge in [-0.15, -0.1) is 0 Å². The maximum atomic E-state index is 13.7. The number of rotatable bonds is 5. The third-order valence-corrected chi connectivity index (χ3v) is 5.64. The smallest absolute Gasteiger partial charge is 0.324 e. The summed E-state index contributed by atoms with van der Waals surface area (Å²) in [7, 11) is 0. The number of hydrogen-bond donors (Lipinski definition) is 2. The van der Waals surface area contributed by atoms with E-state index in [1.807, 2.05) is 11.8 Å². The van der Waals surface area contributed by atoms with Gasteiger partial charge in [0.15, 0.2) is 23.0 Å². The molecule has 0 aliphatic heterocycles. The standard InChI is InChI=1S/C17H17F2N5OS/c1-26-14-4-2-3-12(14)21-15-10-8-20-17(22-16(10)24-23-15)25-13-6-5-9(18)7-11(13)19/h5-8,12,14H,2-4H2,1H3,(H2,20,21,22,23,24)/t12-,14-/m0/s1. The summed E-state index contributed by atoms with van der Waals surface area (Å²) < 4.78 is 32.0. The van der Waals surface area contributed by atoms with Crippen LogP contribution >= 0.6 is 11.8 Å². The molecule has 2 atom stereocenters. The van der Waals surface area contributed by atoms with Crippen LogP contribution in [0.5, 0.6) is 11.8 Å². The Kier molecular flexibility index (Phi) is 4.62. The molecule has 1 saturated carbocycles. The van der Waals surface area contributed by atoms with Crippen LogP contribution in [0.2, 0.25) is 0 Å². The number of benzene rings is 1. The number of ether oxygens (including phenoxy) is 1. The van der Waals surface area contributed by atoms with Crippen LogP contribution in [0.15, 0.2) is 24.4 Å². The second-order valence-corrected chi connectivity index (χ2v) is 7.20. The minimum Gasteiger partial charge on any atom is -0.421 e. The monoisotopic (exact) mass is 377 g/mol. The van der Waals surface area contributed by atoms with E-state index in [-0.39, 0.29) is 11.8 Å². The van der Waals surface area contributed by atoms with Crippen molar-refractivity contribution in [3.8, 4) is 11.8 Å². The van der Waals surface area contributed by atoms with Crippen LogP contribution in [0.25, 0.3) is 11.0 Å². The fourth-order valence-corrected chi connectivity index (χ4v) is 4.09. The zero-order valence-corrected chi connectivity index (χ0v) is 14.8. The van der Waals surface area contributed by atoms with Gasteiger partial charge in [-0.1, -0.05) is 6.42 Å². The van der Waals surface area contributed by atoms with Crippen LogP contribution in [-0.2, 0) is 0 Å². The highest BCUT2D eigenvalue weighted by molar-refractivity contribution is 7.99. The molecule has 0 bridgehead atoms. The first-order valence-corrected chi connectivity index (χ1v) is 9.56. The normalized spacial score (nSPS) is 19.8. The van der Waals surface area contributed by atoms with Gasteiger partial charge in [0, 0.05) is 23.6 Å². The van der Waals surface area contributed by atoms with Gasteiger partial charge in [0.2, 0.25) is 0 Å². The van der Waals surface area contributed by atoms with Crippen molar-refractivity contribution in [3.63, 3.8) is 0 Å². The molecule has 136 valence electrons. The highest BCUT2D eigenvalue weighted by Crippen LogP contribution is 2.32. The highest BCUT2D eigenvalue weighted by Gasteiger charge is 2.27. The van der Waals surface area contributed by atoms with Crippen molar-refractivity contribution in [1.82, 2.24) is 20.2 Å². The molecule has 0 unspecified atom stereocenters. The van der Waals surface area contributed by atoms with Gasteiger partial charge in [0.25, 0.3) is 0 Å². The van der Waals surface area contributed by atoms with E-state index in [1.54, 1.807) is 6.20 Å². The Morgan fingerprint density at radius 1 is 1.31 bits per heavy atom. The molecule has 9 heteroatoms. The SMILES string of the molecule is CS[C@H]1CCC[C@@H]1Nc1n[nH]c2nc(Oc3ccc(F)cc3F)ncc12. The molecular weight excluding hydrogens is 360 g/mol. The molecule has 4 rings (SSSR count). The lowest BCUT2D eigenvalue weighted by Gasteiger charge is -2.18. The van der Waals surface area contributed by atoms with Crippen LogP contribution in [-0.4, -0.2) is 37.7 Å². The van der Waals surface area contributed by atoms with Crippen LogP contribution in [0, 0.1) is 11.6 Å². The fourth-order valence-electron chi connectivity index (χ4n) is 3.16. The molecule has 2 aromatic heterocycles. The Labute approximate surface area is 152 Å². The number of anilines is 1. The average molecular weight is 377 g/mol. The lowest BCUT2D eigenvalue weighted by Crippen LogP contribution is -2.25. The minimum absolute atomic E-state index is 0.0407. The summed E-state index contributed by atoms with van der Waals surface area (Å²) in [5, 5.41) is 11.9. The molecule has 26 heavy (non-hydrogen) atoms. The quantitative estimate of drug-likeness (QED) is 0.697. The summed E-state index contributed by atoms with van der Waals surface area (Å²) in [6, 6.07) is 3.37. The molecule has 1 aliphatic carbocycles. The van der Waals surface area contributed by atoms with E-state index in [0.29, 0.717) is 22.8 Å². The number of H-pyrrole nitrogens is 1. The van der Waals surface area contributed by atoms with Crippen molar-refractivity contribution in [3.05, 3.63) is 36.0 Å². The molecule has 2 N–H and O–H groups in total. The van der Waals surface area contributed by atoms with Gasteiger partial charge in [-0.3, -0.25) is 5.10 Å². The van der Waals surface area contributed by atoms with Gasteiger partial charge < -0.3 is 10.1 Å². The van der Waals surface area contributed by atoms with Crippen LogP contribution in [0.3, 0.4) is 0 Å². The average Bonchev–Trinajstić information content (AvgIpc) is 3.24. The molecule has 0 radical (unpaired) electrons. The molecule has 1 aliphatic rings. The van der Waals surface area contributed by atoms with Crippen molar-refractivity contribution in [1.29, 1.82) is 0 Å². The number of thioether (sulfide) groups is 1. The van der Waals surface area contributed by atoms with Crippen molar-refractivity contribution in [2.75, 3.05) is 11.6 Å². The van der Waals surface area contributed by atoms with Crippen molar-refractivity contribution in [2.24, 2.45) is 0 Å². The summed E-state index contributed by atoms with van der Waals surface area (Å²) in [5.74, 6) is -0.932. The maximum Gasteiger partial charge on any atom is 0.324 e. The second kappa shape index (κ2) is 7.06. The third kappa shape index (κ3) is 3.31. The molecule has 0 saturated heterocycles. The van der Waals surface area contributed by atoms with Crippen LogP contribution < -0.4 is 10.1 Å². The first-order valence-electron chi connectivity index (χ1n) is 8.27. The minimum atomic E-state index is -0.815. The Morgan fingerprint density at radius 2 is 2.19 bits per heavy atom. The summed E-state index contributed by atoms with van der Waals surface area (Å²) in [6.07, 6.45) is 7.19. The lowest BCUT2D eigenvalue weighted by molar-refractivity contribution is 0.409. The van der Waals surface area contributed by atoms with Crippen LogP contribution in [0.1, 0.15) is 19.3 Å². The fraction of sp³-hybridized carbons (Fsp3) is 0.353. The second-order valence-electron chi connectivity index (χ2n) is 6.12. The number of nitrogens with zero attached hydrogens (tertiary/aromatic N) is 3. The largest absolute Gasteiger partial charge is 0.421 e. The third-order valence-electron chi connectivity index (χ3n) is 4.47. The van der Waals surface area contributed by atoms with Gasteiger partial charge in [0.05, 0.1) is 5.39 Å². The van der Waals surface area contributed by atoms with Crippen molar-refractivity contribution >= 4 is 28.6 Å². The van der Waals surface area contributed by atoms with Crippen molar-refractivity contribution in [2.45, 2.75) is 30.6 Å². The first-order chi connectivity index (χ1) is 12.6. The number of aromatic amines is 1. The number of aromatic nitrogens is 4. The van der Waals surface area contributed by atoms with Gasteiger partial charge >= 0.3 is 6.01 Å². The predicted octanol–water partition coefficient (Wildman–Crippen LogP) is 4.12. The number of fused-ring (bicyclic) bond motifs is 1. The van der Waals surface area contributed by atoms with Gasteiger partial charge in [0.1, 0.15) is 5.82 Å². The summed E-state index contributed by atoms with van der Waals surface area (Å²) in [5.41, 5.74) is 0.485. The van der Waals surface area contributed by atoms with E-state index in [4.69, 9.17) is 4.74 Å². The number of halogens is 2. The van der Waals surface area contributed by atoms with Crippen LogP contribution in [0.4, 0.5) is 14.6 Å². The molecular formula is C17H17F2N5OS. The molecule has 0 amide bonds.